The summed E-state index contributed by atoms with van der Waals surface area (Å²) in [6, 6.07) is 7.98. The highest BCUT2D eigenvalue weighted by atomic mass is 16.2. The van der Waals surface area contributed by atoms with Gasteiger partial charge in [-0.3, -0.25) is 9.59 Å². The van der Waals surface area contributed by atoms with Gasteiger partial charge in [0, 0.05) is 18.7 Å². The third-order valence-corrected chi connectivity index (χ3v) is 4.03. The van der Waals surface area contributed by atoms with E-state index >= 15 is 0 Å². The topological polar surface area (TPSA) is 49.4 Å². The first-order valence-electron chi connectivity index (χ1n) is 7.22. The van der Waals surface area contributed by atoms with Gasteiger partial charge in [0.1, 0.15) is 5.54 Å². The van der Waals surface area contributed by atoms with Crippen molar-refractivity contribution in [2.75, 3.05) is 11.4 Å². The van der Waals surface area contributed by atoms with Gasteiger partial charge in [0.15, 0.2) is 0 Å². The maximum absolute atomic E-state index is 12.8. The Labute approximate surface area is 120 Å². The van der Waals surface area contributed by atoms with E-state index < -0.39 is 5.54 Å². The lowest BCUT2D eigenvalue weighted by Gasteiger charge is -2.31. The van der Waals surface area contributed by atoms with Crippen molar-refractivity contribution in [2.45, 2.75) is 45.6 Å². The minimum atomic E-state index is -0.810. The fourth-order valence-electron chi connectivity index (χ4n) is 2.47. The summed E-state index contributed by atoms with van der Waals surface area (Å²) in [4.78, 5) is 26.3. The van der Waals surface area contributed by atoms with Gasteiger partial charge in [-0.05, 0) is 37.5 Å². The van der Waals surface area contributed by atoms with E-state index in [9.17, 15) is 9.59 Å². The zero-order valence-electron chi connectivity index (χ0n) is 12.4. The molecular formula is C16H22N2O2. The van der Waals surface area contributed by atoms with E-state index in [4.69, 9.17) is 0 Å². The Bertz CT molecular complexity index is 527. The number of amides is 2. The quantitative estimate of drug-likeness (QED) is 0.919. The number of carbonyl (C=O) groups excluding carboxylic acids is 2. The van der Waals surface area contributed by atoms with Crippen LogP contribution in [0.15, 0.2) is 24.3 Å². The Morgan fingerprint density at radius 2 is 2.05 bits per heavy atom. The zero-order valence-corrected chi connectivity index (χ0v) is 12.4. The molecule has 1 aromatic carbocycles. The Morgan fingerprint density at radius 3 is 2.70 bits per heavy atom. The molecule has 1 heterocycles. The molecule has 4 heteroatoms. The predicted molar refractivity (Wildman–Crippen MR) is 79.6 cm³/mol. The highest BCUT2D eigenvalue weighted by molar-refractivity contribution is 6.04. The van der Waals surface area contributed by atoms with Gasteiger partial charge >= 0.3 is 0 Å². The number of aryl methyl sites for hydroxylation is 1. The van der Waals surface area contributed by atoms with E-state index in [2.05, 4.69) is 12.2 Å². The molecule has 1 fully saturated rings. The smallest absolute Gasteiger partial charge is 0.252 e. The first-order valence-corrected chi connectivity index (χ1v) is 7.22. The molecule has 0 saturated carbocycles. The van der Waals surface area contributed by atoms with Crippen LogP contribution in [0, 0.1) is 0 Å². The fourth-order valence-corrected chi connectivity index (χ4v) is 2.47. The van der Waals surface area contributed by atoms with Crippen LogP contribution in [0.1, 0.15) is 39.2 Å². The molecule has 1 aliphatic heterocycles. The van der Waals surface area contributed by atoms with Crippen LogP contribution in [0.2, 0.25) is 0 Å². The normalized spacial score (nSPS) is 23.4. The largest absolute Gasteiger partial charge is 0.342 e. The van der Waals surface area contributed by atoms with E-state index in [1.54, 1.807) is 11.8 Å². The molecule has 4 nitrogen and oxygen atoms in total. The van der Waals surface area contributed by atoms with Crippen LogP contribution in [0.25, 0.3) is 0 Å². The van der Waals surface area contributed by atoms with Crippen molar-refractivity contribution in [3.63, 3.8) is 0 Å². The molecule has 108 valence electrons. The van der Waals surface area contributed by atoms with Crippen LogP contribution in [-0.4, -0.2) is 23.9 Å². The lowest BCUT2D eigenvalue weighted by atomic mass is 9.97. The summed E-state index contributed by atoms with van der Waals surface area (Å²) < 4.78 is 0. The SMILES string of the molecule is CCc1cccc(N2CCC(=O)NC(C)(CC)C2=O)c1. The molecule has 20 heavy (non-hydrogen) atoms. The van der Waals surface area contributed by atoms with Gasteiger partial charge < -0.3 is 10.2 Å². The molecule has 1 aliphatic rings. The zero-order chi connectivity index (χ0) is 14.8. The highest BCUT2D eigenvalue weighted by Crippen LogP contribution is 2.24. The molecule has 0 aromatic heterocycles. The number of anilines is 1. The summed E-state index contributed by atoms with van der Waals surface area (Å²) in [5.74, 6) is -0.0871. The second-order valence-corrected chi connectivity index (χ2v) is 5.46. The molecule has 2 rings (SSSR count). The van der Waals surface area contributed by atoms with Crippen molar-refractivity contribution >= 4 is 17.5 Å². The van der Waals surface area contributed by atoms with Crippen molar-refractivity contribution in [3.8, 4) is 0 Å². The molecule has 0 radical (unpaired) electrons. The first kappa shape index (κ1) is 14.6. The number of hydrogen-bond donors (Lipinski definition) is 1. The summed E-state index contributed by atoms with van der Waals surface area (Å²) >= 11 is 0. The summed E-state index contributed by atoms with van der Waals surface area (Å²) in [6.45, 7) is 6.25. The van der Waals surface area contributed by atoms with Gasteiger partial charge in [-0.1, -0.05) is 26.0 Å². The number of benzene rings is 1. The molecule has 0 spiro atoms. The van der Waals surface area contributed by atoms with Crippen molar-refractivity contribution in [2.24, 2.45) is 0 Å². The number of carbonyl (C=O) groups is 2. The van der Waals surface area contributed by atoms with Gasteiger partial charge in [-0.2, -0.15) is 0 Å². The van der Waals surface area contributed by atoms with Crippen LogP contribution in [0.4, 0.5) is 5.69 Å². The second kappa shape index (κ2) is 5.65. The molecule has 0 bridgehead atoms. The van der Waals surface area contributed by atoms with Gasteiger partial charge in [0.2, 0.25) is 5.91 Å². The maximum Gasteiger partial charge on any atom is 0.252 e. The highest BCUT2D eigenvalue weighted by Gasteiger charge is 2.39. The minimum absolute atomic E-state index is 0.0286. The van der Waals surface area contributed by atoms with Crippen molar-refractivity contribution in [1.82, 2.24) is 5.32 Å². The summed E-state index contributed by atoms with van der Waals surface area (Å²) in [7, 11) is 0. The van der Waals surface area contributed by atoms with E-state index in [1.807, 2.05) is 31.2 Å². The van der Waals surface area contributed by atoms with Gasteiger partial charge in [-0.25, -0.2) is 0 Å². The summed E-state index contributed by atoms with van der Waals surface area (Å²) in [6.07, 6.45) is 1.86. The Balaban J connectivity index is 2.38. The molecule has 2 amide bonds. The van der Waals surface area contributed by atoms with Crippen molar-refractivity contribution in [1.29, 1.82) is 0 Å². The van der Waals surface area contributed by atoms with Gasteiger partial charge in [-0.15, -0.1) is 0 Å². The first-order chi connectivity index (χ1) is 9.50. The lowest BCUT2D eigenvalue weighted by Crippen LogP contribution is -2.54. The maximum atomic E-state index is 12.8. The monoisotopic (exact) mass is 274 g/mol. The fraction of sp³-hybridized carbons (Fsp3) is 0.500. The Morgan fingerprint density at radius 1 is 1.30 bits per heavy atom. The number of hydrogen-bond acceptors (Lipinski definition) is 2. The Kier molecular flexibility index (Phi) is 4.12. The lowest BCUT2D eigenvalue weighted by molar-refractivity contribution is -0.129. The van der Waals surface area contributed by atoms with E-state index in [-0.39, 0.29) is 11.8 Å². The standard InChI is InChI=1S/C16H22N2O2/c1-4-12-7-6-8-13(11-12)18-10-9-14(19)17-16(3,5-2)15(18)20/h6-8,11H,4-5,9-10H2,1-3H3,(H,17,19). The third kappa shape index (κ3) is 2.69. The second-order valence-electron chi connectivity index (χ2n) is 5.46. The summed E-state index contributed by atoms with van der Waals surface area (Å²) in [5, 5.41) is 2.85. The van der Waals surface area contributed by atoms with E-state index in [0.717, 1.165) is 12.1 Å². The van der Waals surface area contributed by atoms with Crippen LogP contribution in [0.5, 0.6) is 0 Å². The molecular weight excluding hydrogens is 252 g/mol. The van der Waals surface area contributed by atoms with Crippen molar-refractivity contribution < 1.29 is 9.59 Å². The van der Waals surface area contributed by atoms with E-state index in [0.29, 0.717) is 19.4 Å². The molecule has 1 N–H and O–H groups in total. The molecule has 1 aromatic rings. The number of nitrogens with one attached hydrogen (secondary N) is 1. The molecule has 1 saturated heterocycles. The number of rotatable bonds is 3. The number of nitrogens with zero attached hydrogens (tertiary/aromatic N) is 1. The van der Waals surface area contributed by atoms with Crippen LogP contribution >= 0.6 is 0 Å². The molecule has 0 aliphatic carbocycles. The molecule has 1 unspecified atom stereocenters. The average Bonchev–Trinajstić information content (AvgIpc) is 2.57. The van der Waals surface area contributed by atoms with Crippen molar-refractivity contribution in [3.05, 3.63) is 29.8 Å². The average molecular weight is 274 g/mol. The molecule has 1 atom stereocenters. The minimum Gasteiger partial charge on any atom is -0.342 e. The predicted octanol–water partition coefficient (Wildman–Crippen LogP) is 2.27. The van der Waals surface area contributed by atoms with Crippen LogP contribution in [0.3, 0.4) is 0 Å². The van der Waals surface area contributed by atoms with Crippen LogP contribution in [-0.2, 0) is 16.0 Å². The third-order valence-electron chi connectivity index (χ3n) is 4.03. The summed E-state index contributed by atoms with van der Waals surface area (Å²) in [5.41, 5.74) is 1.26. The Hall–Kier alpha value is -1.84. The van der Waals surface area contributed by atoms with Gasteiger partial charge in [0.25, 0.3) is 5.91 Å². The van der Waals surface area contributed by atoms with E-state index in [1.165, 1.54) is 5.56 Å². The van der Waals surface area contributed by atoms with Gasteiger partial charge in [0.05, 0.1) is 0 Å². The van der Waals surface area contributed by atoms with Crippen LogP contribution < -0.4 is 10.2 Å².